The molecule has 2 saturated carbocycles. The van der Waals surface area contributed by atoms with Gasteiger partial charge in [-0.1, -0.05) is 31.1 Å². The second-order valence-corrected chi connectivity index (χ2v) is 10.0. The van der Waals surface area contributed by atoms with Gasteiger partial charge in [-0.3, -0.25) is 14.4 Å². The van der Waals surface area contributed by atoms with Gasteiger partial charge < -0.3 is 9.84 Å². The van der Waals surface area contributed by atoms with Gasteiger partial charge in [-0.05, 0) is 67.8 Å². The van der Waals surface area contributed by atoms with Crippen molar-refractivity contribution in [2.75, 3.05) is 7.11 Å². The first kappa shape index (κ1) is 20.4. The summed E-state index contributed by atoms with van der Waals surface area (Å²) in [5.41, 5.74) is 2.32. The molecule has 0 aromatic rings. The Morgan fingerprint density at radius 2 is 2.03 bits per heavy atom. The lowest BCUT2D eigenvalue weighted by Crippen LogP contribution is -2.50. The van der Waals surface area contributed by atoms with Crippen molar-refractivity contribution in [3.8, 4) is 0 Å². The Morgan fingerprint density at radius 3 is 2.72 bits per heavy atom. The molecule has 0 spiro atoms. The second-order valence-electron chi connectivity index (χ2n) is 10.0. The normalized spacial score (nSPS) is 40.9. The molecule has 5 heteroatoms. The number of fused-ring (bicyclic) bond motifs is 5. The average molecular weight is 401 g/mol. The summed E-state index contributed by atoms with van der Waals surface area (Å²) >= 11 is 0. The molecule has 29 heavy (non-hydrogen) atoms. The van der Waals surface area contributed by atoms with Gasteiger partial charge in [-0.25, -0.2) is 0 Å². The average Bonchev–Trinajstić information content (AvgIpc) is 3.02. The van der Waals surface area contributed by atoms with Crippen molar-refractivity contribution < 1.29 is 24.2 Å². The van der Waals surface area contributed by atoms with Gasteiger partial charge in [0.15, 0.2) is 5.78 Å². The largest absolute Gasteiger partial charge is 0.481 e. The van der Waals surface area contributed by atoms with Crippen molar-refractivity contribution in [2.24, 2.45) is 34.5 Å². The van der Waals surface area contributed by atoms with Crippen molar-refractivity contribution in [1.29, 1.82) is 0 Å². The van der Waals surface area contributed by atoms with E-state index in [9.17, 15) is 14.4 Å². The topological polar surface area (TPSA) is 80.7 Å². The van der Waals surface area contributed by atoms with Crippen LogP contribution in [0.1, 0.15) is 65.2 Å². The highest BCUT2D eigenvalue weighted by atomic mass is 16.5. The highest BCUT2D eigenvalue weighted by Gasteiger charge is 2.59. The molecule has 0 aliphatic heterocycles. The zero-order chi connectivity index (χ0) is 21.0. The Kier molecular flexibility index (Phi) is 4.99. The van der Waals surface area contributed by atoms with Crippen LogP contribution in [0.2, 0.25) is 0 Å². The van der Waals surface area contributed by atoms with Crippen LogP contribution < -0.4 is 0 Å². The number of carboxylic acids is 1. The summed E-state index contributed by atoms with van der Waals surface area (Å²) in [5.74, 6) is -0.136. The standard InChI is InChI=1S/C24H32O5/c1-23-11-9-19-21(18(23)6-4-14(23)5-7-20(26)27)17(22(28)29-3)13-15-12-16(25)8-10-24(15,19)2/h9,12,14,17-18,21H,4-8,10-11,13H2,1-3H3,(H,26,27)/t14-,17+,18?,21?,23+,24-/m0/s1. The van der Waals surface area contributed by atoms with Crippen LogP contribution in [0, 0.1) is 34.5 Å². The maximum absolute atomic E-state index is 12.8. The van der Waals surface area contributed by atoms with Crippen LogP contribution in [-0.4, -0.2) is 29.9 Å². The van der Waals surface area contributed by atoms with Gasteiger partial charge in [0.05, 0.1) is 13.0 Å². The molecule has 4 aliphatic carbocycles. The highest BCUT2D eigenvalue weighted by molar-refractivity contribution is 5.92. The first-order valence-electron chi connectivity index (χ1n) is 10.9. The first-order chi connectivity index (χ1) is 13.7. The Balaban J connectivity index is 1.75. The summed E-state index contributed by atoms with van der Waals surface area (Å²) in [5, 5.41) is 9.17. The highest BCUT2D eigenvalue weighted by Crippen LogP contribution is 2.66. The first-order valence-corrected chi connectivity index (χ1v) is 10.9. The number of ether oxygens (including phenoxy) is 1. The number of carboxylic acid groups (broad SMARTS) is 1. The number of hydrogen-bond donors (Lipinski definition) is 1. The predicted molar refractivity (Wildman–Crippen MR) is 108 cm³/mol. The molecule has 158 valence electrons. The number of carbonyl (C=O) groups excluding carboxylic acids is 2. The summed E-state index contributed by atoms with van der Waals surface area (Å²) in [4.78, 5) is 36.1. The molecule has 0 amide bonds. The third-order valence-corrected chi connectivity index (χ3v) is 8.80. The smallest absolute Gasteiger partial charge is 0.309 e. The molecule has 1 N–H and O–H groups in total. The van der Waals surface area contributed by atoms with E-state index >= 15 is 0 Å². The molecule has 4 rings (SSSR count). The predicted octanol–water partition coefficient (Wildman–Crippen LogP) is 4.32. The quantitative estimate of drug-likeness (QED) is 0.561. The van der Waals surface area contributed by atoms with E-state index in [1.54, 1.807) is 6.08 Å². The molecule has 4 aliphatic rings. The summed E-state index contributed by atoms with van der Waals surface area (Å²) < 4.78 is 5.21. The molecule has 2 unspecified atom stereocenters. The van der Waals surface area contributed by atoms with Gasteiger partial charge in [0, 0.05) is 18.3 Å². The molecule has 0 radical (unpaired) electrons. The van der Waals surface area contributed by atoms with Crippen molar-refractivity contribution in [1.82, 2.24) is 0 Å². The van der Waals surface area contributed by atoms with Gasteiger partial charge in [0.2, 0.25) is 0 Å². The number of carbonyl (C=O) groups is 3. The lowest BCUT2D eigenvalue weighted by molar-refractivity contribution is -0.149. The van der Waals surface area contributed by atoms with Crippen molar-refractivity contribution >= 4 is 17.7 Å². The van der Waals surface area contributed by atoms with E-state index in [0.29, 0.717) is 31.1 Å². The number of esters is 1. The fraction of sp³-hybridized carbons (Fsp3) is 0.708. The van der Waals surface area contributed by atoms with Crippen LogP contribution in [0.3, 0.4) is 0 Å². The van der Waals surface area contributed by atoms with Crippen LogP contribution in [0.25, 0.3) is 0 Å². The van der Waals surface area contributed by atoms with Gasteiger partial charge in [-0.15, -0.1) is 0 Å². The van der Waals surface area contributed by atoms with E-state index in [-0.39, 0.29) is 40.8 Å². The van der Waals surface area contributed by atoms with E-state index < -0.39 is 5.97 Å². The van der Waals surface area contributed by atoms with Gasteiger partial charge in [0.1, 0.15) is 0 Å². The van der Waals surface area contributed by atoms with E-state index in [1.807, 2.05) is 0 Å². The Labute approximate surface area is 172 Å². The van der Waals surface area contributed by atoms with Crippen LogP contribution in [-0.2, 0) is 19.1 Å². The zero-order valence-corrected chi connectivity index (χ0v) is 17.7. The van der Waals surface area contributed by atoms with Crippen molar-refractivity contribution in [3.05, 3.63) is 23.3 Å². The Morgan fingerprint density at radius 1 is 1.28 bits per heavy atom. The minimum absolute atomic E-state index is 0.0257. The Bertz CT molecular complexity index is 808. The van der Waals surface area contributed by atoms with Crippen LogP contribution in [0.4, 0.5) is 0 Å². The maximum Gasteiger partial charge on any atom is 0.309 e. The second kappa shape index (κ2) is 7.10. The van der Waals surface area contributed by atoms with Gasteiger partial charge in [-0.2, -0.15) is 0 Å². The van der Waals surface area contributed by atoms with Crippen LogP contribution >= 0.6 is 0 Å². The minimum Gasteiger partial charge on any atom is -0.481 e. The molecular weight excluding hydrogens is 368 g/mol. The molecule has 0 saturated heterocycles. The van der Waals surface area contributed by atoms with Crippen LogP contribution in [0.15, 0.2) is 23.3 Å². The minimum atomic E-state index is -0.733. The number of hydrogen-bond acceptors (Lipinski definition) is 4. The third-order valence-electron chi connectivity index (χ3n) is 8.80. The molecule has 0 heterocycles. The Hall–Kier alpha value is -1.91. The van der Waals surface area contributed by atoms with E-state index in [0.717, 1.165) is 31.3 Å². The molecule has 6 atom stereocenters. The number of rotatable bonds is 4. The van der Waals surface area contributed by atoms with E-state index in [4.69, 9.17) is 9.84 Å². The summed E-state index contributed by atoms with van der Waals surface area (Å²) in [6.07, 6.45) is 10.0. The zero-order valence-electron chi connectivity index (χ0n) is 17.7. The molecule has 0 bridgehead atoms. The SMILES string of the molecule is COC(=O)[C@@H]1CC2=CC(=O)CC[C@]2(C)C2=CC[C@@]3(C)C(CC[C@H]3CCC(=O)O)C21. The van der Waals surface area contributed by atoms with Crippen molar-refractivity contribution in [2.45, 2.75) is 65.2 Å². The fourth-order valence-corrected chi connectivity index (χ4v) is 7.11. The number of methoxy groups -OCH3 is 1. The summed E-state index contributed by atoms with van der Waals surface area (Å²) in [6.45, 7) is 4.55. The van der Waals surface area contributed by atoms with Gasteiger partial charge >= 0.3 is 11.9 Å². The number of ketones is 1. The molecular formula is C24H32O5. The maximum atomic E-state index is 12.8. The number of allylic oxidation sites excluding steroid dienone is 4. The van der Waals surface area contributed by atoms with E-state index in [2.05, 4.69) is 19.9 Å². The third kappa shape index (κ3) is 3.08. The molecule has 0 aromatic heterocycles. The number of aliphatic carboxylic acids is 1. The summed E-state index contributed by atoms with van der Waals surface area (Å²) in [6, 6.07) is 0. The molecule has 5 nitrogen and oxygen atoms in total. The molecule has 2 fully saturated rings. The fourth-order valence-electron chi connectivity index (χ4n) is 7.11. The lowest BCUT2D eigenvalue weighted by Gasteiger charge is -2.55. The summed E-state index contributed by atoms with van der Waals surface area (Å²) in [7, 11) is 1.45. The van der Waals surface area contributed by atoms with Crippen molar-refractivity contribution in [3.63, 3.8) is 0 Å². The lowest BCUT2D eigenvalue weighted by atomic mass is 9.48. The monoisotopic (exact) mass is 400 g/mol. The van der Waals surface area contributed by atoms with Crippen LogP contribution in [0.5, 0.6) is 0 Å². The van der Waals surface area contributed by atoms with E-state index in [1.165, 1.54) is 12.7 Å². The van der Waals surface area contributed by atoms with Gasteiger partial charge in [0.25, 0.3) is 0 Å². The molecule has 0 aromatic carbocycles.